The highest BCUT2D eigenvalue weighted by Crippen LogP contribution is 2.36. The molecule has 92 valence electrons. The first kappa shape index (κ1) is 14.9. The number of methoxy groups -OCH3 is 2. The fraction of sp³-hybridized carbons (Fsp3) is 1.00. The summed E-state index contributed by atoms with van der Waals surface area (Å²) in [6, 6.07) is 0. The van der Waals surface area contributed by atoms with E-state index in [1.54, 1.807) is 14.2 Å². The smallest absolute Gasteiger partial charge is 0.156 e. The van der Waals surface area contributed by atoms with E-state index >= 15 is 0 Å². The molecule has 0 atom stereocenters. The van der Waals surface area contributed by atoms with Crippen LogP contribution >= 0.6 is 0 Å². The van der Waals surface area contributed by atoms with Crippen molar-refractivity contribution in [2.45, 2.75) is 60.2 Å². The average Bonchev–Trinajstić information content (AvgIpc) is 2.01. The van der Waals surface area contributed by atoms with E-state index in [4.69, 9.17) is 9.47 Å². The molecule has 2 heteroatoms. The van der Waals surface area contributed by atoms with Crippen LogP contribution in [-0.2, 0) is 9.47 Å². The third-order valence-electron chi connectivity index (χ3n) is 2.59. The fourth-order valence-corrected chi connectivity index (χ4v) is 2.36. The normalized spacial score (nSPS) is 13.6. The van der Waals surface area contributed by atoms with Gasteiger partial charge >= 0.3 is 0 Å². The molecule has 0 aliphatic carbocycles. The molecule has 0 heterocycles. The average molecular weight is 216 g/mol. The van der Waals surface area contributed by atoms with Crippen LogP contribution in [0.1, 0.15) is 53.9 Å². The molecule has 0 aromatic carbocycles. The Hall–Kier alpha value is -0.0800. The van der Waals surface area contributed by atoms with E-state index in [1.807, 2.05) is 0 Å². The number of rotatable bonds is 6. The van der Waals surface area contributed by atoms with Crippen LogP contribution in [-0.4, -0.2) is 20.5 Å². The predicted octanol–water partition coefficient (Wildman–Crippen LogP) is 3.85. The maximum atomic E-state index is 5.20. The largest absolute Gasteiger partial charge is 0.356 e. The van der Waals surface area contributed by atoms with Gasteiger partial charge in [-0.3, -0.25) is 0 Å². The van der Waals surface area contributed by atoms with Gasteiger partial charge in [-0.25, -0.2) is 0 Å². The maximum Gasteiger partial charge on any atom is 0.156 e. The van der Waals surface area contributed by atoms with Crippen molar-refractivity contribution < 1.29 is 9.47 Å². The number of hydrogen-bond acceptors (Lipinski definition) is 2. The minimum Gasteiger partial charge on any atom is -0.356 e. The molecule has 0 saturated heterocycles. The van der Waals surface area contributed by atoms with Gasteiger partial charge in [-0.05, 0) is 30.1 Å². The summed E-state index contributed by atoms with van der Waals surface area (Å²) in [5.41, 5.74) is 0.743. The second-order valence-electron chi connectivity index (χ2n) is 6.34. The Balaban J connectivity index is 4.03. The van der Waals surface area contributed by atoms with E-state index in [9.17, 15) is 0 Å². The van der Waals surface area contributed by atoms with Gasteiger partial charge in [0.05, 0.1) is 0 Å². The second-order valence-corrected chi connectivity index (χ2v) is 6.34. The van der Waals surface area contributed by atoms with Crippen molar-refractivity contribution in [2.75, 3.05) is 14.2 Å². The zero-order chi connectivity index (χ0) is 12.1. The summed E-state index contributed by atoms with van der Waals surface area (Å²) < 4.78 is 10.4. The van der Waals surface area contributed by atoms with E-state index < -0.39 is 0 Å². The minimum atomic E-state index is -0.0516. The molecule has 0 bridgehead atoms. The van der Waals surface area contributed by atoms with Crippen LogP contribution in [0.4, 0.5) is 0 Å². The minimum absolute atomic E-state index is 0.0516. The van der Waals surface area contributed by atoms with Crippen molar-refractivity contribution in [2.24, 2.45) is 10.8 Å². The van der Waals surface area contributed by atoms with Crippen LogP contribution in [0.2, 0.25) is 0 Å². The SMILES string of the molecule is COC(CCC(C)(C)CC(C)(C)C)OC. The van der Waals surface area contributed by atoms with Gasteiger partial charge in [-0.2, -0.15) is 0 Å². The topological polar surface area (TPSA) is 18.5 Å². The molecule has 0 N–H and O–H groups in total. The van der Waals surface area contributed by atoms with E-state index in [2.05, 4.69) is 34.6 Å². The van der Waals surface area contributed by atoms with Crippen LogP contribution in [0.5, 0.6) is 0 Å². The molecule has 0 amide bonds. The Morgan fingerprint density at radius 3 is 1.73 bits per heavy atom. The van der Waals surface area contributed by atoms with Gasteiger partial charge in [0.1, 0.15) is 0 Å². The Bertz CT molecular complexity index is 164. The summed E-state index contributed by atoms with van der Waals surface area (Å²) >= 11 is 0. The molecule has 0 fully saturated rings. The molecule has 2 nitrogen and oxygen atoms in total. The third kappa shape index (κ3) is 7.80. The van der Waals surface area contributed by atoms with Crippen LogP contribution in [0.3, 0.4) is 0 Å². The fourth-order valence-electron chi connectivity index (χ4n) is 2.36. The van der Waals surface area contributed by atoms with Crippen LogP contribution < -0.4 is 0 Å². The van der Waals surface area contributed by atoms with Crippen molar-refractivity contribution >= 4 is 0 Å². The Labute approximate surface area is 95.3 Å². The zero-order valence-electron chi connectivity index (χ0n) is 11.5. The molecule has 0 aliphatic rings. The lowest BCUT2D eigenvalue weighted by Crippen LogP contribution is -2.23. The lowest BCUT2D eigenvalue weighted by atomic mass is 9.74. The monoisotopic (exact) mass is 216 g/mol. The second kappa shape index (κ2) is 5.86. The van der Waals surface area contributed by atoms with Gasteiger partial charge in [-0.1, -0.05) is 34.6 Å². The Kier molecular flexibility index (Phi) is 5.82. The van der Waals surface area contributed by atoms with Gasteiger partial charge in [0.25, 0.3) is 0 Å². The third-order valence-corrected chi connectivity index (χ3v) is 2.59. The Morgan fingerprint density at radius 1 is 0.933 bits per heavy atom. The van der Waals surface area contributed by atoms with E-state index in [1.165, 1.54) is 6.42 Å². The molecule has 0 radical (unpaired) electrons. The number of hydrogen-bond donors (Lipinski definition) is 0. The van der Waals surface area contributed by atoms with Crippen molar-refractivity contribution in [1.82, 2.24) is 0 Å². The van der Waals surface area contributed by atoms with Crippen LogP contribution in [0.15, 0.2) is 0 Å². The maximum absolute atomic E-state index is 5.20. The number of ether oxygens (including phenoxy) is 2. The van der Waals surface area contributed by atoms with Crippen LogP contribution in [0.25, 0.3) is 0 Å². The summed E-state index contributed by atoms with van der Waals surface area (Å²) in [5.74, 6) is 0. The summed E-state index contributed by atoms with van der Waals surface area (Å²) in [5, 5.41) is 0. The van der Waals surface area contributed by atoms with E-state index in [0.717, 1.165) is 12.8 Å². The molecule has 0 aromatic rings. The van der Waals surface area contributed by atoms with Crippen LogP contribution in [0, 0.1) is 10.8 Å². The molecular weight excluding hydrogens is 188 g/mol. The molecule has 0 rings (SSSR count). The van der Waals surface area contributed by atoms with Gasteiger partial charge in [0, 0.05) is 14.2 Å². The van der Waals surface area contributed by atoms with E-state index in [0.29, 0.717) is 10.8 Å². The van der Waals surface area contributed by atoms with Gasteiger partial charge < -0.3 is 9.47 Å². The van der Waals surface area contributed by atoms with Gasteiger partial charge in [-0.15, -0.1) is 0 Å². The highest BCUT2D eigenvalue weighted by Gasteiger charge is 2.26. The molecule has 0 aromatic heterocycles. The standard InChI is InChI=1S/C13H28O2/c1-12(2,3)10-13(4,5)9-8-11(14-6)15-7/h11H,8-10H2,1-7H3. The van der Waals surface area contributed by atoms with Crippen molar-refractivity contribution in [1.29, 1.82) is 0 Å². The first-order chi connectivity index (χ1) is 6.70. The van der Waals surface area contributed by atoms with Gasteiger partial charge in [0.2, 0.25) is 0 Å². The highest BCUT2D eigenvalue weighted by molar-refractivity contribution is 4.76. The summed E-state index contributed by atoms with van der Waals surface area (Å²) in [7, 11) is 3.40. The van der Waals surface area contributed by atoms with Crippen molar-refractivity contribution in [3.63, 3.8) is 0 Å². The quantitative estimate of drug-likeness (QED) is 0.628. The van der Waals surface area contributed by atoms with Crippen molar-refractivity contribution in [3.8, 4) is 0 Å². The predicted molar refractivity (Wildman–Crippen MR) is 64.9 cm³/mol. The lowest BCUT2D eigenvalue weighted by molar-refractivity contribution is -0.111. The first-order valence-corrected chi connectivity index (χ1v) is 5.76. The van der Waals surface area contributed by atoms with Crippen molar-refractivity contribution in [3.05, 3.63) is 0 Å². The molecule has 0 spiro atoms. The zero-order valence-corrected chi connectivity index (χ0v) is 11.5. The summed E-state index contributed by atoms with van der Waals surface area (Å²) in [6.45, 7) is 11.5. The first-order valence-electron chi connectivity index (χ1n) is 5.76. The lowest BCUT2D eigenvalue weighted by Gasteiger charge is -2.33. The molecule has 0 saturated carbocycles. The van der Waals surface area contributed by atoms with Gasteiger partial charge in [0.15, 0.2) is 6.29 Å². The Morgan fingerprint density at radius 2 is 1.40 bits per heavy atom. The van der Waals surface area contributed by atoms with E-state index in [-0.39, 0.29) is 6.29 Å². The molecule has 0 aliphatic heterocycles. The summed E-state index contributed by atoms with van der Waals surface area (Å²) in [6.07, 6.45) is 3.27. The highest BCUT2D eigenvalue weighted by atomic mass is 16.7. The molecule has 15 heavy (non-hydrogen) atoms. The summed E-state index contributed by atoms with van der Waals surface area (Å²) in [4.78, 5) is 0. The molecular formula is C13H28O2. The molecule has 0 unspecified atom stereocenters.